The highest BCUT2D eigenvalue weighted by Gasteiger charge is 2.10. The van der Waals surface area contributed by atoms with E-state index in [1.165, 1.54) is 6.33 Å². The number of aromatic nitrogens is 3. The maximum absolute atomic E-state index is 9.00. The van der Waals surface area contributed by atoms with Crippen molar-refractivity contribution in [2.75, 3.05) is 12.3 Å². The van der Waals surface area contributed by atoms with Gasteiger partial charge in [0.2, 0.25) is 0 Å². The molecule has 17 heavy (non-hydrogen) atoms. The maximum Gasteiger partial charge on any atom is 0.145 e. The summed E-state index contributed by atoms with van der Waals surface area (Å²) in [5.74, 6) is 0.982. The van der Waals surface area contributed by atoms with Crippen LogP contribution in [0.25, 0.3) is 11.0 Å². The molecular weight excluding hydrogens is 216 g/mol. The van der Waals surface area contributed by atoms with Crippen molar-refractivity contribution in [2.45, 2.75) is 26.3 Å². The molecule has 0 saturated heterocycles. The molecule has 0 fully saturated rings. The van der Waals surface area contributed by atoms with E-state index < -0.39 is 0 Å². The quantitative estimate of drug-likeness (QED) is 0.820. The van der Waals surface area contributed by atoms with Gasteiger partial charge in [-0.25, -0.2) is 9.97 Å². The topological polar surface area (TPSA) is 77.0 Å². The number of hydrogen-bond acceptors (Lipinski definition) is 4. The minimum Gasteiger partial charge on any atom is -0.396 e. The van der Waals surface area contributed by atoms with Crippen LogP contribution in [0.3, 0.4) is 0 Å². The second-order valence-electron chi connectivity index (χ2n) is 4.25. The summed E-state index contributed by atoms with van der Waals surface area (Å²) in [6.07, 6.45) is 5.33. The molecule has 0 aromatic carbocycles. The summed E-state index contributed by atoms with van der Waals surface area (Å²) in [7, 11) is 0. The number of fused-ring (bicyclic) bond motifs is 1. The smallest absolute Gasteiger partial charge is 0.145 e. The van der Waals surface area contributed by atoms with Gasteiger partial charge in [0.05, 0.1) is 5.39 Å². The van der Waals surface area contributed by atoms with Crippen LogP contribution in [-0.2, 0) is 6.54 Å². The van der Waals surface area contributed by atoms with Gasteiger partial charge in [-0.15, -0.1) is 0 Å². The summed E-state index contributed by atoms with van der Waals surface area (Å²) < 4.78 is 2.08. The van der Waals surface area contributed by atoms with Gasteiger partial charge in [0.25, 0.3) is 0 Å². The molecular formula is C12H18N4O. The number of nitrogens with zero attached hydrogens (tertiary/aromatic N) is 3. The van der Waals surface area contributed by atoms with E-state index in [-0.39, 0.29) is 6.61 Å². The van der Waals surface area contributed by atoms with Crippen molar-refractivity contribution in [3.05, 3.63) is 18.6 Å². The number of nitrogens with two attached hydrogens (primary N) is 1. The van der Waals surface area contributed by atoms with Crippen LogP contribution >= 0.6 is 0 Å². The lowest BCUT2D eigenvalue weighted by Crippen LogP contribution is -2.11. The number of aliphatic hydroxyl groups is 1. The first-order valence-corrected chi connectivity index (χ1v) is 5.92. The van der Waals surface area contributed by atoms with Crippen molar-refractivity contribution in [1.82, 2.24) is 14.5 Å². The molecule has 2 rings (SSSR count). The molecule has 2 aromatic rings. The molecule has 1 atom stereocenters. The van der Waals surface area contributed by atoms with Gasteiger partial charge >= 0.3 is 0 Å². The van der Waals surface area contributed by atoms with Crippen molar-refractivity contribution in [2.24, 2.45) is 5.92 Å². The van der Waals surface area contributed by atoms with Gasteiger partial charge in [-0.2, -0.15) is 0 Å². The highest BCUT2D eigenvalue weighted by atomic mass is 16.3. The van der Waals surface area contributed by atoms with E-state index in [4.69, 9.17) is 10.8 Å². The zero-order valence-corrected chi connectivity index (χ0v) is 10.0. The first-order valence-electron chi connectivity index (χ1n) is 5.92. The second-order valence-corrected chi connectivity index (χ2v) is 4.25. The van der Waals surface area contributed by atoms with Crippen LogP contribution in [0.15, 0.2) is 18.6 Å². The Morgan fingerprint density at radius 3 is 3.00 bits per heavy atom. The highest BCUT2D eigenvalue weighted by molar-refractivity contribution is 5.85. The van der Waals surface area contributed by atoms with E-state index >= 15 is 0 Å². The Morgan fingerprint density at radius 2 is 2.29 bits per heavy atom. The zero-order valence-electron chi connectivity index (χ0n) is 10.0. The van der Waals surface area contributed by atoms with E-state index in [2.05, 4.69) is 21.5 Å². The van der Waals surface area contributed by atoms with Crippen LogP contribution < -0.4 is 5.73 Å². The van der Waals surface area contributed by atoms with Crippen molar-refractivity contribution in [3.63, 3.8) is 0 Å². The second kappa shape index (κ2) is 5.14. The molecule has 0 aliphatic carbocycles. The Balaban J connectivity index is 2.27. The van der Waals surface area contributed by atoms with Gasteiger partial charge in [-0.1, -0.05) is 13.3 Å². The molecule has 0 aliphatic heterocycles. The largest absolute Gasteiger partial charge is 0.396 e. The van der Waals surface area contributed by atoms with Gasteiger partial charge in [-0.05, 0) is 18.4 Å². The van der Waals surface area contributed by atoms with Crippen LogP contribution in [0, 0.1) is 5.92 Å². The SMILES string of the molecule is CC[C@H](CCO)Cn1ccc2c(N)ncnc21. The van der Waals surface area contributed by atoms with Crippen molar-refractivity contribution in [3.8, 4) is 0 Å². The third-order valence-corrected chi connectivity index (χ3v) is 3.16. The van der Waals surface area contributed by atoms with E-state index in [0.29, 0.717) is 11.7 Å². The van der Waals surface area contributed by atoms with Gasteiger partial charge < -0.3 is 15.4 Å². The lowest BCUT2D eigenvalue weighted by Gasteiger charge is -2.14. The standard InChI is InChI=1S/C12H18N4O/c1-2-9(4-6-17)7-16-5-3-10-11(13)14-8-15-12(10)16/h3,5,8-9,17H,2,4,6-7H2,1H3,(H2,13,14,15)/t9-/m1/s1. The molecule has 0 saturated carbocycles. The summed E-state index contributed by atoms with van der Waals surface area (Å²) >= 11 is 0. The fourth-order valence-corrected chi connectivity index (χ4v) is 2.06. The molecule has 5 heteroatoms. The first-order chi connectivity index (χ1) is 8.26. The Labute approximate surface area is 100 Å². The molecule has 0 radical (unpaired) electrons. The van der Waals surface area contributed by atoms with Gasteiger partial charge in [0.15, 0.2) is 0 Å². The molecule has 2 heterocycles. The fourth-order valence-electron chi connectivity index (χ4n) is 2.06. The van der Waals surface area contributed by atoms with E-state index in [0.717, 1.165) is 30.4 Å². The van der Waals surface area contributed by atoms with Crippen molar-refractivity contribution < 1.29 is 5.11 Å². The first kappa shape index (κ1) is 11.9. The predicted octanol–water partition coefficient (Wildman–Crippen LogP) is 1.42. The Morgan fingerprint density at radius 1 is 1.47 bits per heavy atom. The van der Waals surface area contributed by atoms with E-state index in [1.54, 1.807) is 0 Å². The Hall–Kier alpha value is -1.62. The molecule has 2 aromatic heterocycles. The lowest BCUT2D eigenvalue weighted by molar-refractivity contribution is 0.244. The molecule has 0 aliphatic rings. The molecule has 0 unspecified atom stereocenters. The van der Waals surface area contributed by atoms with E-state index in [9.17, 15) is 0 Å². The van der Waals surface area contributed by atoms with Crippen molar-refractivity contribution >= 4 is 16.9 Å². The number of hydrogen-bond donors (Lipinski definition) is 2. The molecule has 92 valence electrons. The number of aliphatic hydroxyl groups excluding tert-OH is 1. The summed E-state index contributed by atoms with van der Waals surface area (Å²) in [6.45, 7) is 3.22. The van der Waals surface area contributed by atoms with Crippen molar-refractivity contribution in [1.29, 1.82) is 0 Å². The minimum absolute atomic E-state index is 0.231. The average molecular weight is 234 g/mol. The summed E-state index contributed by atoms with van der Waals surface area (Å²) in [5, 5.41) is 9.89. The minimum atomic E-state index is 0.231. The third kappa shape index (κ3) is 2.39. The normalized spacial score (nSPS) is 13.1. The third-order valence-electron chi connectivity index (χ3n) is 3.16. The number of rotatable bonds is 5. The molecule has 0 bridgehead atoms. The monoisotopic (exact) mass is 234 g/mol. The number of anilines is 1. The summed E-state index contributed by atoms with van der Waals surface area (Å²) in [4.78, 5) is 8.23. The zero-order chi connectivity index (χ0) is 12.3. The molecule has 0 amide bonds. The van der Waals surface area contributed by atoms with Crippen LogP contribution in [0.2, 0.25) is 0 Å². The van der Waals surface area contributed by atoms with Crippen LogP contribution in [0.5, 0.6) is 0 Å². The maximum atomic E-state index is 9.00. The van der Waals surface area contributed by atoms with Gasteiger partial charge in [0, 0.05) is 19.3 Å². The van der Waals surface area contributed by atoms with E-state index in [1.807, 2.05) is 12.3 Å². The van der Waals surface area contributed by atoms with Gasteiger partial charge in [0.1, 0.15) is 17.8 Å². The van der Waals surface area contributed by atoms with Crippen LogP contribution in [-0.4, -0.2) is 26.2 Å². The molecule has 0 spiro atoms. The van der Waals surface area contributed by atoms with Gasteiger partial charge in [-0.3, -0.25) is 0 Å². The predicted molar refractivity (Wildman–Crippen MR) is 67.4 cm³/mol. The summed E-state index contributed by atoms with van der Waals surface area (Å²) in [6, 6.07) is 1.94. The fraction of sp³-hybridized carbons (Fsp3) is 0.500. The molecule has 5 nitrogen and oxygen atoms in total. The Bertz CT molecular complexity index is 494. The van der Waals surface area contributed by atoms with Crippen LogP contribution in [0.4, 0.5) is 5.82 Å². The number of nitrogen functional groups attached to an aromatic ring is 1. The summed E-state index contributed by atoms with van der Waals surface area (Å²) in [5.41, 5.74) is 6.66. The average Bonchev–Trinajstić information content (AvgIpc) is 2.73. The van der Waals surface area contributed by atoms with Crippen LogP contribution in [0.1, 0.15) is 19.8 Å². The molecule has 3 N–H and O–H groups in total. The lowest BCUT2D eigenvalue weighted by atomic mass is 10.0. The Kier molecular flexibility index (Phi) is 3.58. The highest BCUT2D eigenvalue weighted by Crippen LogP contribution is 2.20.